The van der Waals surface area contributed by atoms with Crippen LogP contribution in [0.4, 0.5) is 13.2 Å². The Kier molecular flexibility index (Phi) is 3.54. The molecule has 0 aliphatic rings. The summed E-state index contributed by atoms with van der Waals surface area (Å²) in [6, 6.07) is 6.57. The standard InChI is InChI=1S/C12H8ClF3OS/c1-17-10-9(6-18-11(10)12(14,15)16)7-2-4-8(13)5-3-7/h2-6H,1H3. The summed E-state index contributed by atoms with van der Waals surface area (Å²) in [5.74, 6) is -0.144. The molecule has 18 heavy (non-hydrogen) atoms. The Morgan fingerprint density at radius 2 is 1.78 bits per heavy atom. The predicted octanol–water partition coefficient (Wildman–Crippen LogP) is 5.10. The van der Waals surface area contributed by atoms with Gasteiger partial charge in [-0.1, -0.05) is 23.7 Å². The molecule has 0 unspecified atom stereocenters. The molecule has 0 saturated carbocycles. The molecular formula is C12H8ClF3OS. The molecule has 0 aliphatic heterocycles. The van der Waals surface area contributed by atoms with Crippen molar-refractivity contribution in [3.63, 3.8) is 0 Å². The Hall–Kier alpha value is -1.20. The van der Waals surface area contributed by atoms with Gasteiger partial charge in [0.25, 0.3) is 0 Å². The molecule has 0 radical (unpaired) electrons. The quantitative estimate of drug-likeness (QED) is 0.748. The van der Waals surface area contributed by atoms with Gasteiger partial charge in [0.2, 0.25) is 0 Å². The fraction of sp³-hybridized carbons (Fsp3) is 0.167. The minimum absolute atomic E-state index is 0.144. The van der Waals surface area contributed by atoms with Gasteiger partial charge in [-0.2, -0.15) is 13.2 Å². The molecule has 1 aromatic heterocycles. The average molecular weight is 293 g/mol. The zero-order valence-corrected chi connectivity index (χ0v) is 10.8. The van der Waals surface area contributed by atoms with Gasteiger partial charge in [-0.05, 0) is 17.7 Å². The zero-order chi connectivity index (χ0) is 13.3. The van der Waals surface area contributed by atoms with Crippen molar-refractivity contribution in [2.45, 2.75) is 6.18 Å². The average Bonchev–Trinajstić information content (AvgIpc) is 2.73. The van der Waals surface area contributed by atoms with Crippen LogP contribution in [-0.2, 0) is 6.18 Å². The second-order valence-corrected chi connectivity index (χ2v) is 4.83. The second kappa shape index (κ2) is 4.82. The van der Waals surface area contributed by atoms with Gasteiger partial charge in [0.15, 0.2) is 4.88 Å². The molecule has 0 spiro atoms. The summed E-state index contributed by atoms with van der Waals surface area (Å²) in [5, 5.41) is 1.97. The van der Waals surface area contributed by atoms with Crippen LogP contribution >= 0.6 is 22.9 Å². The van der Waals surface area contributed by atoms with Crippen molar-refractivity contribution < 1.29 is 17.9 Å². The van der Waals surface area contributed by atoms with Gasteiger partial charge in [0.05, 0.1) is 7.11 Å². The van der Waals surface area contributed by atoms with E-state index in [1.807, 2.05) is 0 Å². The molecule has 0 amide bonds. The zero-order valence-electron chi connectivity index (χ0n) is 9.22. The Morgan fingerprint density at radius 1 is 1.17 bits per heavy atom. The van der Waals surface area contributed by atoms with E-state index in [1.165, 1.54) is 12.5 Å². The van der Waals surface area contributed by atoms with Crippen molar-refractivity contribution in [1.29, 1.82) is 0 Å². The molecule has 2 rings (SSSR count). The van der Waals surface area contributed by atoms with Crippen LogP contribution in [0, 0.1) is 0 Å². The van der Waals surface area contributed by atoms with Crippen LogP contribution in [0.15, 0.2) is 29.6 Å². The Labute approximate surface area is 111 Å². The molecule has 0 aliphatic carbocycles. The number of benzene rings is 1. The summed E-state index contributed by atoms with van der Waals surface area (Å²) in [5.41, 5.74) is 1.06. The number of thiophene rings is 1. The summed E-state index contributed by atoms with van der Waals surface area (Å²) in [6.07, 6.45) is -4.40. The van der Waals surface area contributed by atoms with E-state index in [9.17, 15) is 13.2 Å². The SMILES string of the molecule is COc1c(-c2ccc(Cl)cc2)csc1C(F)(F)F. The highest BCUT2D eigenvalue weighted by atomic mass is 35.5. The van der Waals surface area contributed by atoms with E-state index in [1.54, 1.807) is 24.3 Å². The first kappa shape index (κ1) is 13.2. The first-order valence-electron chi connectivity index (χ1n) is 4.92. The molecule has 0 N–H and O–H groups in total. The van der Waals surface area contributed by atoms with E-state index in [0.29, 0.717) is 27.5 Å². The third kappa shape index (κ3) is 2.47. The van der Waals surface area contributed by atoms with Crippen molar-refractivity contribution in [1.82, 2.24) is 0 Å². The highest BCUT2D eigenvalue weighted by Gasteiger charge is 2.37. The lowest BCUT2D eigenvalue weighted by molar-refractivity contribution is -0.135. The van der Waals surface area contributed by atoms with E-state index < -0.39 is 11.1 Å². The molecule has 1 aromatic carbocycles. The van der Waals surface area contributed by atoms with Gasteiger partial charge in [-0.15, -0.1) is 11.3 Å². The number of alkyl halides is 3. The molecule has 2 aromatic rings. The minimum Gasteiger partial charge on any atom is -0.495 e. The Morgan fingerprint density at radius 3 is 2.28 bits per heavy atom. The molecule has 6 heteroatoms. The van der Waals surface area contributed by atoms with E-state index in [0.717, 1.165) is 0 Å². The Balaban J connectivity index is 2.52. The van der Waals surface area contributed by atoms with Crippen LogP contribution in [-0.4, -0.2) is 7.11 Å². The number of ether oxygens (including phenoxy) is 1. The van der Waals surface area contributed by atoms with Gasteiger partial charge < -0.3 is 4.74 Å². The largest absolute Gasteiger partial charge is 0.495 e. The molecule has 0 fully saturated rings. The van der Waals surface area contributed by atoms with Crippen LogP contribution in [0.5, 0.6) is 5.75 Å². The summed E-state index contributed by atoms with van der Waals surface area (Å²) in [6.45, 7) is 0. The highest BCUT2D eigenvalue weighted by Crippen LogP contribution is 2.46. The summed E-state index contributed by atoms with van der Waals surface area (Å²) in [4.78, 5) is -0.727. The van der Waals surface area contributed by atoms with E-state index >= 15 is 0 Å². The van der Waals surface area contributed by atoms with Gasteiger partial charge in [0, 0.05) is 16.0 Å². The maximum absolute atomic E-state index is 12.7. The van der Waals surface area contributed by atoms with Crippen molar-refractivity contribution in [2.75, 3.05) is 7.11 Å². The smallest absolute Gasteiger partial charge is 0.429 e. The van der Waals surface area contributed by atoms with Crippen molar-refractivity contribution in [3.05, 3.63) is 39.5 Å². The fourth-order valence-electron chi connectivity index (χ4n) is 1.57. The van der Waals surface area contributed by atoms with Gasteiger partial charge in [0.1, 0.15) is 5.75 Å². The molecule has 0 bridgehead atoms. The summed E-state index contributed by atoms with van der Waals surface area (Å²) in [7, 11) is 1.23. The van der Waals surface area contributed by atoms with Gasteiger partial charge in [-0.25, -0.2) is 0 Å². The van der Waals surface area contributed by atoms with Crippen LogP contribution in [0.2, 0.25) is 5.02 Å². The number of methoxy groups -OCH3 is 1. The minimum atomic E-state index is -4.40. The second-order valence-electron chi connectivity index (χ2n) is 3.52. The molecule has 0 atom stereocenters. The summed E-state index contributed by atoms with van der Waals surface area (Å²) < 4.78 is 43.1. The fourth-order valence-corrected chi connectivity index (χ4v) is 2.61. The predicted molar refractivity (Wildman–Crippen MR) is 66.3 cm³/mol. The van der Waals surface area contributed by atoms with Crippen molar-refractivity contribution in [3.8, 4) is 16.9 Å². The summed E-state index contributed by atoms with van der Waals surface area (Å²) >= 11 is 6.37. The maximum atomic E-state index is 12.7. The van der Waals surface area contributed by atoms with Crippen LogP contribution in [0.1, 0.15) is 4.88 Å². The lowest BCUT2D eigenvalue weighted by Crippen LogP contribution is -2.04. The topological polar surface area (TPSA) is 9.23 Å². The highest BCUT2D eigenvalue weighted by molar-refractivity contribution is 7.11. The molecule has 1 heterocycles. The van der Waals surface area contributed by atoms with Gasteiger partial charge in [-0.3, -0.25) is 0 Å². The molecular weight excluding hydrogens is 285 g/mol. The van der Waals surface area contributed by atoms with Crippen LogP contribution < -0.4 is 4.74 Å². The Bertz CT molecular complexity index is 545. The number of rotatable bonds is 2. The molecule has 0 saturated heterocycles. The normalized spacial score (nSPS) is 11.6. The molecule has 1 nitrogen and oxygen atoms in total. The van der Waals surface area contributed by atoms with Crippen LogP contribution in [0.25, 0.3) is 11.1 Å². The van der Waals surface area contributed by atoms with Gasteiger partial charge >= 0.3 is 6.18 Å². The monoisotopic (exact) mass is 292 g/mol. The van der Waals surface area contributed by atoms with Crippen molar-refractivity contribution in [2.24, 2.45) is 0 Å². The van der Waals surface area contributed by atoms with Crippen LogP contribution in [0.3, 0.4) is 0 Å². The number of halogens is 4. The third-order valence-corrected chi connectivity index (χ3v) is 3.62. The first-order valence-corrected chi connectivity index (χ1v) is 6.18. The number of hydrogen-bond donors (Lipinski definition) is 0. The first-order chi connectivity index (χ1) is 8.43. The third-order valence-electron chi connectivity index (χ3n) is 2.36. The molecule has 96 valence electrons. The van der Waals surface area contributed by atoms with E-state index in [4.69, 9.17) is 16.3 Å². The van der Waals surface area contributed by atoms with E-state index in [-0.39, 0.29) is 5.75 Å². The number of hydrogen-bond acceptors (Lipinski definition) is 2. The maximum Gasteiger partial charge on any atom is 0.429 e. The van der Waals surface area contributed by atoms with Crippen molar-refractivity contribution >= 4 is 22.9 Å². The van der Waals surface area contributed by atoms with E-state index in [2.05, 4.69) is 0 Å². The lowest BCUT2D eigenvalue weighted by atomic mass is 10.1. The lowest BCUT2D eigenvalue weighted by Gasteiger charge is -2.08.